The SMILES string of the molecule is CN(CCCC(=O)O)C(=O)Nc1ccc(F)cc1Cl. The van der Waals surface area contributed by atoms with Crippen LogP contribution in [0.3, 0.4) is 0 Å². The molecule has 0 aliphatic carbocycles. The van der Waals surface area contributed by atoms with Gasteiger partial charge in [0.1, 0.15) is 5.82 Å². The number of nitrogens with zero attached hydrogens (tertiary/aromatic N) is 1. The Balaban J connectivity index is 2.51. The summed E-state index contributed by atoms with van der Waals surface area (Å²) in [4.78, 5) is 23.4. The van der Waals surface area contributed by atoms with E-state index in [1.54, 1.807) is 0 Å². The zero-order valence-corrected chi connectivity index (χ0v) is 11.1. The van der Waals surface area contributed by atoms with E-state index in [0.29, 0.717) is 18.7 Å². The fourth-order valence-corrected chi connectivity index (χ4v) is 1.58. The third-order valence-electron chi connectivity index (χ3n) is 2.40. The van der Waals surface area contributed by atoms with E-state index in [0.717, 1.165) is 6.07 Å². The summed E-state index contributed by atoms with van der Waals surface area (Å²) in [5.74, 6) is -1.40. The van der Waals surface area contributed by atoms with Gasteiger partial charge in [0, 0.05) is 20.0 Å². The lowest BCUT2D eigenvalue weighted by molar-refractivity contribution is -0.137. The summed E-state index contributed by atoms with van der Waals surface area (Å²) in [6, 6.07) is 3.22. The zero-order chi connectivity index (χ0) is 14.4. The summed E-state index contributed by atoms with van der Waals surface area (Å²) >= 11 is 5.77. The van der Waals surface area contributed by atoms with Crippen molar-refractivity contribution in [2.75, 3.05) is 18.9 Å². The number of carbonyl (C=O) groups excluding carboxylic acids is 1. The molecule has 2 amide bonds. The highest BCUT2D eigenvalue weighted by atomic mass is 35.5. The van der Waals surface area contributed by atoms with Gasteiger partial charge in [0.05, 0.1) is 10.7 Å². The second-order valence-electron chi connectivity index (χ2n) is 3.97. The second kappa shape index (κ2) is 6.94. The molecule has 0 spiro atoms. The van der Waals surface area contributed by atoms with Gasteiger partial charge in [-0.25, -0.2) is 9.18 Å². The monoisotopic (exact) mass is 288 g/mol. The van der Waals surface area contributed by atoms with E-state index < -0.39 is 17.8 Å². The van der Waals surface area contributed by atoms with Gasteiger partial charge in [0.25, 0.3) is 0 Å². The number of amides is 2. The van der Waals surface area contributed by atoms with Crippen molar-refractivity contribution in [2.45, 2.75) is 12.8 Å². The van der Waals surface area contributed by atoms with Crippen LogP contribution in [0.2, 0.25) is 5.02 Å². The molecule has 0 aliphatic rings. The van der Waals surface area contributed by atoms with Crippen LogP contribution in [0.4, 0.5) is 14.9 Å². The number of carboxylic acid groups (broad SMARTS) is 1. The molecule has 1 aromatic rings. The van der Waals surface area contributed by atoms with Crippen molar-refractivity contribution in [2.24, 2.45) is 0 Å². The molecule has 0 radical (unpaired) electrons. The lowest BCUT2D eigenvalue weighted by Gasteiger charge is -2.18. The Morgan fingerprint density at radius 3 is 2.74 bits per heavy atom. The summed E-state index contributed by atoms with van der Waals surface area (Å²) in [5, 5.41) is 11.1. The molecule has 0 fully saturated rings. The average Bonchev–Trinajstić information content (AvgIpc) is 2.32. The maximum Gasteiger partial charge on any atom is 0.321 e. The number of aliphatic carboxylic acids is 1. The fraction of sp³-hybridized carbons (Fsp3) is 0.333. The smallest absolute Gasteiger partial charge is 0.321 e. The number of halogens is 2. The van der Waals surface area contributed by atoms with Gasteiger partial charge in [-0.2, -0.15) is 0 Å². The molecule has 0 unspecified atom stereocenters. The molecule has 104 valence electrons. The molecule has 0 saturated heterocycles. The Morgan fingerprint density at radius 2 is 2.16 bits per heavy atom. The molecule has 1 aromatic carbocycles. The van der Waals surface area contributed by atoms with Crippen LogP contribution in [0.15, 0.2) is 18.2 Å². The van der Waals surface area contributed by atoms with Crippen molar-refractivity contribution in [1.29, 1.82) is 0 Å². The van der Waals surface area contributed by atoms with Gasteiger partial charge in [-0.15, -0.1) is 0 Å². The Labute approximate surface area is 115 Å². The minimum atomic E-state index is -0.907. The summed E-state index contributed by atoms with van der Waals surface area (Å²) in [7, 11) is 1.54. The summed E-state index contributed by atoms with van der Waals surface area (Å²) in [5.41, 5.74) is 0.304. The fourth-order valence-electron chi connectivity index (χ4n) is 1.37. The first kappa shape index (κ1) is 15.2. The first-order chi connectivity index (χ1) is 8.90. The lowest BCUT2D eigenvalue weighted by atomic mass is 10.3. The van der Waals surface area contributed by atoms with Crippen molar-refractivity contribution in [3.63, 3.8) is 0 Å². The lowest BCUT2D eigenvalue weighted by Crippen LogP contribution is -2.32. The zero-order valence-electron chi connectivity index (χ0n) is 10.3. The van der Waals surface area contributed by atoms with Gasteiger partial charge in [0.15, 0.2) is 0 Å². The predicted octanol–water partition coefficient (Wildman–Crippen LogP) is 2.81. The van der Waals surface area contributed by atoms with E-state index in [2.05, 4.69) is 5.32 Å². The molecule has 0 bridgehead atoms. The van der Waals surface area contributed by atoms with Crippen molar-refractivity contribution >= 4 is 29.3 Å². The molecule has 0 heterocycles. The molecule has 19 heavy (non-hydrogen) atoms. The summed E-state index contributed by atoms with van der Waals surface area (Å²) in [6.07, 6.45) is 0.353. The van der Waals surface area contributed by atoms with Crippen LogP contribution in [0.1, 0.15) is 12.8 Å². The minimum Gasteiger partial charge on any atom is -0.481 e. The number of benzene rings is 1. The molecule has 0 aliphatic heterocycles. The first-order valence-corrected chi connectivity index (χ1v) is 5.97. The van der Waals surface area contributed by atoms with Gasteiger partial charge in [0.2, 0.25) is 0 Å². The van der Waals surface area contributed by atoms with Gasteiger partial charge in [-0.05, 0) is 24.6 Å². The number of nitrogens with one attached hydrogen (secondary N) is 1. The van der Waals surface area contributed by atoms with E-state index in [1.807, 2.05) is 0 Å². The number of carboxylic acids is 1. The van der Waals surface area contributed by atoms with Crippen molar-refractivity contribution in [3.8, 4) is 0 Å². The van der Waals surface area contributed by atoms with E-state index in [1.165, 1.54) is 24.1 Å². The standard InChI is InChI=1S/C12H14ClFN2O3/c1-16(6-2-3-11(17)18)12(19)15-10-5-4-8(14)7-9(10)13/h4-5,7H,2-3,6H2,1H3,(H,15,19)(H,17,18). The molecule has 2 N–H and O–H groups in total. The average molecular weight is 289 g/mol. The number of carbonyl (C=O) groups is 2. The van der Waals surface area contributed by atoms with Gasteiger partial charge in [-0.3, -0.25) is 4.79 Å². The Hall–Kier alpha value is -1.82. The predicted molar refractivity (Wildman–Crippen MR) is 69.9 cm³/mol. The van der Waals surface area contributed by atoms with Crippen LogP contribution >= 0.6 is 11.6 Å². The molecular formula is C12H14ClFN2O3. The maximum absolute atomic E-state index is 12.8. The summed E-state index contributed by atoms with van der Waals surface area (Å²) < 4.78 is 12.8. The minimum absolute atomic E-state index is 0.00504. The third kappa shape index (κ3) is 5.13. The van der Waals surface area contributed by atoms with Crippen LogP contribution in [0, 0.1) is 5.82 Å². The van der Waals surface area contributed by atoms with Crippen LogP contribution in [-0.4, -0.2) is 35.6 Å². The van der Waals surface area contributed by atoms with E-state index in [-0.39, 0.29) is 11.4 Å². The van der Waals surface area contributed by atoms with Gasteiger partial charge in [-0.1, -0.05) is 11.6 Å². The van der Waals surface area contributed by atoms with Crippen LogP contribution < -0.4 is 5.32 Å². The Bertz CT molecular complexity index is 482. The summed E-state index contributed by atoms with van der Waals surface area (Å²) in [6.45, 7) is 0.303. The Morgan fingerprint density at radius 1 is 1.47 bits per heavy atom. The molecule has 0 atom stereocenters. The largest absolute Gasteiger partial charge is 0.481 e. The molecule has 1 rings (SSSR count). The highest BCUT2D eigenvalue weighted by molar-refractivity contribution is 6.33. The Kier molecular flexibility index (Phi) is 5.57. The van der Waals surface area contributed by atoms with E-state index in [4.69, 9.17) is 16.7 Å². The van der Waals surface area contributed by atoms with Crippen LogP contribution in [0.25, 0.3) is 0 Å². The van der Waals surface area contributed by atoms with Crippen molar-refractivity contribution in [1.82, 2.24) is 4.90 Å². The van der Waals surface area contributed by atoms with Crippen LogP contribution in [-0.2, 0) is 4.79 Å². The molecule has 0 saturated carbocycles. The van der Waals surface area contributed by atoms with Crippen LogP contribution in [0.5, 0.6) is 0 Å². The molecule has 7 heteroatoms. The number of rotatable bonds is 5. The van der Waals surface area contributed by atoms with Gasteiger partial charge >= 0.3 is 12.0 Å². The molecule has 5 nitrogen and oxygen atoms in total. The third-order valence-corrected chi connectivity index (χ3v) is 2.72. The van der Waals surface area contributed by atoms with E-state index in [9.17, 15) is 14.0 Å². The topological polar surface area (TPSA) is 69.6 Å². The number of hydrogen-bond acceptors (Lipinski definition) is 2. The quantitative estimate of drug-likeness (QED) is 0.875. The molecular weight excluding hydrogens is 275 g/mol. The second-order valence-corrected chi connectivity index (χ2v) is 4.38. The van der Waals surface area contributed by atoms with Crippen molar-refractivity contribution in [3.05, 3.63) is 29.0 Å². The van der Waals surface area contributed by atoms with Crippen molar-refractivity contribution < 1.29 is 19.1 Å². The first-order valence-electron chi connectivity index (χ1n) is 5.59. The van der Waals surface area contributed by atoms with Gasteiger partial charge < -0.3 is 15.3 Å². The highest BCUT2D eigenvalue weighted by Crippen LogP contribution is 2.22. The number of hydrogen-bond donors (Lipinski definition) is 2. The molecule has 0 aromatic heterocycles. The number of anilines is 1. The number of urea groups is 1. The van der Waals surface area contributed by atoms with E-state index >= 15 is 0 Å². The normalized spacial score (nSPS) is 10.1. The maximum atomic E-state index is 12.8. The highest BCUT2D eigenvalue weighted by Gasteiger charge is 2.11.